The van der Waals surface area contributed by atoms with E-state index in [0.29, 0.717) is 9.99 Å². The molecule has 0 fully saturated rings. The summed E-state index contributed by atoms with van der Waals surface area (Å²) in [5, 5.41) is 11.7. The lowest BCUT2D eigenvalue weighted by molar-refractivity contribution is -0.384. The summed E-state index contributed by atoms with van der Waals surface area (Å²) in [5.41, 5.74) is 0.115. The lowest BCUT2D eigenvalue weighted by atomic mass is 10.2. The second-order valence-electron chi connectivity index (χ2n) is 4.88. The molecule has 0 amide bonds. The molecule has 0 aliphatic rings. The van der Waals surface area contributed by atoms with Crippen LogP contribution in [0.3, 0.4) is 0 Å². The van der Waals surface area contributed by atoms with Crippen LogP contribution in [0.2, 0.25) is 5.02 Å². The van der Waals surface area contributed by atoms with Crippen LogP contribution in [0.1, 0.15) is 10.4 Å². The van der Waals surface area contributed by atoms with Gasteiger partial charge in [0.1, 0.15) is 10.5 Å². The fourth-order valence-corrected chi connectivity index (χ4v) is 3.72. The average Bonchev–Trinajstić information content (AvgIpc) is 2.58. The van der Waals surface area contributed by atoms with Crippen LogP contribution in [0.15, 0.2) is 51.5 Å². The third-order valence-electron chi connectivity index (χ3n) is 3.32. The van der Waals surface area contributed by atoms with Gasteiger partial charge in [0.2, 0.25) is 0 Å². The lowest BCUT2D eigenvalue weighted by Gasteiger charge is -2.10. The molecule has 1 aromatic heterocycles. The number of nitrogens with zero attached hydrogens (tertiary/aromatic N) is 2. The Morgan fingerprint density at radius 1 is 1.20 bits per heavy atom. The van der Waals surface area contributed by atoms with Gasteiger partial charge in [0.05, 0.1) is 15.0 Å². The lowest BCUT2D eigenvalue weighted by Crippen LogP contribution is -2.10. The van der Waals surface area contributed by atoms with Gasteiger partial charge in [-0.15, -0.1) is 0 Å². The molecule has 6 nitrogen and oxygen atoms in total. The van der Waals surface area contributed by atoms with Crippen molar-refractivity contribution in [2.75, 3.05) is 0 Å². The highest BCUT2D eigenvalue weighted by molar-refractivity contribution is 9.11. The molecule has 0 spiro atoms. The van der Waals surface area contributed by atoms with Crippen molar-refractivity contribution in [2.24, 2.45) is 0 Å². The molecule has 3 aromatic rings. The van der Waals surface area contributed by atoms with E-state index >= 15 is 0 Å². The Kier molecular flexibility index (Phi) is 5.03. The molecule has 25 heavy (non-hydrogen) atoms. The van der Waals surface area contributed by atoms with Crippen LogP contribution in [0.5, 0.6) is 5.75 Å². The summed E-state index contributed by atoms with van der Waals surface area (Å²) in [6.07, 6.45) is 1.58. The largest absolute Gasteiger partial charge is 0.419 e. The maximum Gasteiger partial charge on any atom is 0.343 e. The highest BCUT2D eigenvalue weighted by Gasteiger charge is 2.20. The first-order valence-electron chi connectivity index (χ1n) is 6.77. The van der Waals surface area contributed by atoms with Crippen molar-refractivity contribution in [3.63, 3.8) is 0 Å². The Balaban J connectivity index is 2.04. The summed E-state index contributed by atoms with van der Waals surface area (Å²) in [6.45, 7) is 0. The van der Waals surface area contributed by atoms with Crippen LogP contribution in [-0.4, -0.2) is 15.9 Å². The number of carbonyl (C=O) groups excluding carboxylic acids is 1. The fourth-order valence-electron chi connectivity index (χ4n) is 2.17. The fraction of sp³-hybridized carbons (Fsp3) is 0. The zero-order chi connectivity index (χ0) is 18.1. The maximum atomic E-state index is 12.4. The quantitative estimate of drug-likeness (QED) is 0.210. The number of nitro groups is 1. The summed E-state index contributed by atoms with van der Waals surface area (Å²) in [4.78, 5) is 27.0. The van der Waals surface area contributed by atoms with E-state index in [1.807, 2.05) is 6.07 Å². The van der Waals surface area contributed by atoms with E-state index in [4.69, 9.17) is 16.3 Å². The topological polar surface area (TPSA) is 82.3 Å². The standard InChI is InChI=1S/C16H7Br2ClN2O4/c17-10-7-11(18)15(14-9(10)2-1-5-20-14)25-16(22)8-3-4-12(19)13(6-8)21(23)24/h1-7H. The van der Waals surface area contributed by atoms with E-state index in [-0.39, 0.29) is 22.0 Å². The third-order valence-corrected chi connectivity index (χ3v) is 4.89. The molecule has 0 N–H and O–H groups in total. The van der Waals surface area contributed by atoms with Gasteiger partial charge in [-0.25, -0.2) is 4.79 Å². The molecule has 0 aliphatic heterocycles. The van der Waals surface area contributed by atoms with Crippen LogP contribution >= 0.6 is 43.5 Å². The van der Waals surface area contributed by atoms with Crippen molar-refractivity contribution in [2.45, 2.75) is 0 Å². The number of rotatable bonds is 3. The number of benzene rings is 2. The Morgan fingerprint density at radius 2 is 1.96 bits per heavy atom. The molecule has 9 heteroatoms. The monoisotopic (exact) mass is 484 g/mol. The summed E-state index contributed by atoms with van der Waals surface area (Å²) in [5.74, 6) is -0.531. The highest BCUT2D eigenvalue weighted by Crippen LogP contribution is 2.37. The zero-order valence-electron chi connectivity index (χ0n) is 12.2. The Morgan fingerprint density at radius 3 is 2.68 bits per heavy atom. The highest BCUT2D eigenvalue weighted by atomic mass is 79.9. The number of nitro benzene ring substituents is 1. The SMILES string of the molecule is O=C(Oc1c(Br)cc(Br)c2cccnc12)c1ccc(Cl)c([N+](=O)[O-])c1. The second kappa shape index (κ2) is 7.07. The minimum Gasteiger partial charge on any atom is -0.419 e. The molecule has 0 bridgehead atoms. The molecule has 0 atom stereocenters. The van der Waals surface area contributed by atoms with Crippen molar-refractivity contribution in [1.29, 1.82) is 0 Å². The molecule has 0 saturated heterocycles. The van der Waals surface area contributed by atoms with Gasteiger partial charge in [0.15, 0.2) is 5.75 Å². The molecule has 0 unspecified atom stereocenters. The normalized spacial score (nSPS) is 10.7. The summed E-state index contributed by atoms with van der Waals surface area (Å²) in [7, 11) is 0. The molecule has 0 radical (unpaired) electrons. The number of halogens is 3. The first kappa shape index (κ1) is 17.8. The molecule has 1 heterocycles. The van der Waals surface area contributed by atoms with Crippen molar-refractivity contribution in [3.05, 3.63) is 72.2 Å². The van der Waals surface area contributed by atoms with Crippen molar-refractivity contribution in [1.82, 2.24) is 4.98 Å². The van der Waals surface area contributed by atoms with E-state index in [0.717, 1.165) is 15.9 Å². The molecular weight excluding hydrogens is 479 g/mol. The molecular formula is C16H7Br2ClN2O4. The minimum atomic E-state index is -0.755. The maximum absolute atomic E-state index is 12.4. The van der Waals surface area contributed by atoms with Gasteiger partial charge < -0.3 is 4.74 Å². The van der Waals surface area contributed by atoms with Gasteiger partial charge >= 0.3 is 5.97 Å². The van der Waals surface area contributed by atoms with Gasteiger partial charge in [-0.2, -0.15) is 0 Å². The Bertz CT molecular complexity index is 1030. The summed E-state index contributed by atoms with van der Waals surface area (Å²) < 4.78 is 6.74. The van der Waals surface area contributed by atoms with Gasteiger partial charge in [-0.1, -0.05) is 33.6 Å². The average molecular weight is 487 g/mol. The van der Waals surface area contributed by atoms with Crippen molar-refractivity contribution < 1.29 is 14.5 Å². The first-order chi connectivity index (χ1) is 11.9. The molecule has 3 rings (SSSR count). The van der Waals surface area contributed by atoms with Gasteiger partial charge in [0.25, 0.3) is 5.69 Å². The Hall–Kier alpha value is -2.03. The number of esters is 1. The minimum absolute atomic E-state index is 0.00926. The van der Waals surface area contributed by atoms with E-state index in [2.05, 4.69) is 36.8 Å². The van der Waals surface area contributed by atoms with Crippen LogP contribution in [0.4, 0.5) is 5.69 Å². The number of aromatic nitrogens is 1. The summed E-state index contributed by atoms with van der Waals surface area (Å²) >= 11 is 12.5. The van der Waals surface area contributed by atoms with Crippen LogP contribution in [0, 0.1) is 10.1 Å². The Labute approximate surface area is 163 Å². The molecule has 126 valence electrons. The number of pyridine rings is 1. The van der Waals surface area contributed by atoms with E-state index in [9.17, 15) is 14.9 Å². The van der Waals surface area contributed by atoms with E-state index in [1.165, 1.54) is 12.1 Å². The second-order valence-corrected chi connectivity index (χ2v) is 7.00. The smallest absolute Gasteiger partial charge is 0.343 e. The summed E-state index contributed by atoms with van der Waals surface area (Å²) in [6, 6.07) is 9.03. The molecule has 0 aliphatic carbocycles. The van der Waals surface area contributed by atoms with Crippen LogP contribution in [-0.2, 0) is 0 Å². The van der Waals surface area contributed by atoms with Crippen molar-refractivity contribution >= 4 is 66.0 Å². The van der Waals surface area contributed by atoms with Gasteiger partial charge in [0, 0.05) is 22.1 Å². The van der Waals surface area contributed by atoms with E-state index < -0.39 is 10.9 Å². The zero-order valence-corrected chi connectivity index (χ0v) is 16.1. The van der Waals surface area contributed by atoms with E-state index in [1.54, 1.807) is 18.3 Å². The predicted molar refractivity (Wildman–Crippen MR) is 100 cm³/mol. The van der Waals surface area contributed by atoms with Crippen molar-refractivity contribution in [3.8, 4) is 5.75 Å². The number of hydrogen-bond donors (Lipinski definition) is 0. The van der Waals surface area contributed by atoms with Crippen LogP contribution < -0.4 is 4.74 Å². The van der Waals surface area contributed by atoms with Gasteiger partial charge in [-0.05, 0) is 40.2 Å². The van der Waals surface area contributed by atoms with Crippen LogP contribution in [0.25, 0.3) is 10.9 Å². The predicted octanol–water partition coefficient (Wildman–Crippen LogP) is 5.54. The molecule has 2 aromatic carbocycles. The molecule has 0 saturated carbocycles. The number of hydrogen-bond acceptors (Lipinski definition) is 5. The number of carbonyl (C=O) groups is 1. The third kappa shape index (κ3) is 3.51. The van der Waals surface area contributed by atoms with Gasteiger partial charge in [-0.3, -0.25) is 15.1 Å². The number of fused-ring (bicyclic) bond motifs is 1. The first-order valence-corrected chi connectivity index (χ1v) is 8.73. The number of ether oxygens (including phenoxy) is 1.